The van der Waals surface area contributed by atoms with E-state index in [-0.39, 0.29) is 22.2 Å². The Morgan fingerprint density at radius 2 is 0.246 bits per heavy atom. The first-order chi connectivity index (χ1) is 56.2. The quantitative estimate of drug-likeness (QED) is 0.0616. The Balaban J connectivity index is 9.83. The van der Waals surface area contributed by atoms with Crippen LogP contribution in [0.1, 0.15) is 692 Å². The number of carboxylic acids is 1. The van der Waals surface area contributed by atoms with Crippen molar-refractivity contribution in [3.05, 3.63) is 0 Å². The zero-order valence-corrected chi connectivity index (χ0v) is 81.7. The number of hydrogen-bond donors (Lipinski definition) is 1. The molecule has 0 unspecified atom stereocenters. The van der Waals surface area contributed by atoms with Crippen molar-refractivity contribution < 1.29 is 9.90 Å². The second-order valence-electron chi connectivity index (χ2n) is 39.9. The molecule has 0 aromatic carbocycles. The summed E-state index contributed by atoms with van der Waals surface area (Å²) >= 11 is 0. The number of hydrogen-bond acceptors (Lipinski definition) is 1. The predicted molar refractivity (Wildman–Crippen MR) is 521 cm³/mol. The molecule has 0 bridgehead atoms. The lowest BCUT2D eigenvalue weighted by Gasteiger charge is -2.68. The molecule has 114 heavy (non-hydrogen) atoms. The summed E-state index contributed by atoms with van der Waals surface area (Å²) in [6.45, 7) is 21.4. The number of carboxylic acid groups (broad SMARTS) is 1. The zero-order chi connectivity index (χ0) is 82.9. The number of aliphatic carboxylic acids is 1. The molecular formula is C112H224O2. The van der Waals surface area contributed by atoms with E-state index in [9.17, 15) is 5.11 Å². The second-order valence-corrected chi connectivity index (χ2v) is 39.9. The fourth-order valence-electron chi connectivity index (χ4n) is 22.5. The summed E-state index contributed by atoms with van der Waals surface area (Å²) in [7, 11) is 0. The van der Waals surface area contributed by atoms with Crippen LogP contribution in [-0.4, -0.2) is 11.1 Å². The molecule has 0 spiro atoms. The molecule has 0 rings (SSSR count). The Labute approximate surface area is 724 Å². The number of rotatable bonds is 102. The van der Waals surface area contributed by atoms with Gasteiger partial charge in [-0.3, -0.25) is 4.79 Å². The van der Waals surface area contributed by atoms with E-state index in [0.717, 1.165) is 25.7 Å². The molecule has 0 aromatic rings. The average Bonchev–Trinajstić information content (AvgIpc) is 0.691. The Hall–Kier alpha value is -0.530. The number of carbonyl (C=O) groups is 1. The Kier molecular flexibility index (Phi) is 89.8. The van der Waals surface area contributed by atoms with Crippen molar-refractivity contribution in [3.63, 3.8) is 0 Å². The molecule has 0 heterocycles. The minimum atomic E-state index is -0.720. The summed E-state index contributed by atoms with van der Waals surface area (Å²) in [5.41, 5.74) is -0.852. The fraction of sp³-hybridized carbons (Fsp3) is 0.991. The highest BCUT2D eigenvalue weighted by Crippen LogP contribution is 2.74. The largest absolute Gasteiger partial charge is 0.481 e. The normalized spacial score (nSPS) is 12.4. The topological polar surface area (TPSA) is 37.3 Å². The van der Waals surface area contributed by atoms with Gasteiger partial charge < -0.3 is 5.11 Å². The summed E-state index contributed by atoms with van der Waals surface area (Å²) in [5.74, 6) is -0.279. The van der Waals surface area contributed by atoms with E-state index in [4.69, 9.17) is 0 Å². The maximum Gasteiger partial charge on any atom is 0.310 e. The fourth-order valence-corrected chi connectivity index (χ4v) is 22.5. The molecule has 0 aliphatic rings. The van der Waals surface area contributed by atoms with Gasteiger partial charge in [0.05, 0.1) is 5.41 Å². The Morgan fingerprint density at radius 1 is 0.140 bits per heavy atom. The molecule has 1 N–H and O–H groups in total. The van der Waals surface area contributed by atoms with Crippen LogP contribution in [0.5, 0.6) is 0 Å². The first-order valence-electron chi connectivity index (χ1n) is 55.5. The molecule has 0 fully saturated rings. The van der Waals surface area contributed by atoms with E-state index in [2.05, 4.69) is 62.3 Å². The minimum absolute atomic E-state index is 0.0209. The smallest absolute Gasteiger partial charge is 0.310 e. The first-order valence-corrected chi connectivity index (χ1v) is 55.5. The van der Waals surface area contributed by atoms with Gasteiger partial charge in [-0.25, -0.2) is 0 Å². The van der Waals surface area contributed by atoms with E-state index in [0.29, 0.717) is 0 Å². The molecule has 2 heteroatoms. The van der Waals surface area contributed by atoms with Crippen molar-refractivity contribution in [2.24, 2.45) is 21.7 Å². The van der Waals surface area contributed by atoms with Crippen molar-refractivity contribution in [3.8, 4) is 0 Å². The van der Waals surface area contributed by atoms with Gasteiger partial charge in [0.25, 0.3) is 0 Å². The summed E-state index contributed by atoms with van der Waals surface area (Å²) in [4.78, 5) is 17.0. The molecule has 0 aromatic heterocycles. The highest BCUT2D eigenvalue weighted by molar-refractivity contribution is 5.76. The second kappa shape index (κ2) is 90.2. The number of unbranched alkanes of at least 4 members (excludes halogenated alkanes) is 80. The van der Waals surface area contributed by atoms with Crippen LogP contribution >= 0.6 is 0 Å². The van der Waals surface area contributed by atoms with Gasteiger partial charge in [0.1, 0.15) is 0 Å². The third kappa shape index (κ3) is 61.7. The van der Waals surface area contributed by atoms with Gasteiger partial charge in [0.2, 0.25) is 0 Å². The zero-order valence-electron chi connectivity index (χ0n) is 81.7. The molecule has 0 amide bonds. The van der Waals surface area contributed by atoms with E-state index < -0.39 is 5.41 Å². The first kappa shape index (κ1) is 113. The molecule has 0 atom stereocenters. The molecule has 0 saturated carbocycles. The minimum Gasteiger partial charge on any atom is -0.481 e. The predicted octanol–water partition coefficient (Wildman–Crippen LogP) is 42.4. The highest BCUT2D eigenvalue weighted by atomic mass is 16.4. The molecule has 0 saturated heterocycles. The third-order valence-electron chi connectivity index (χ3n) is 29.8. The van der Waals surface area contributed by atoms with Crippen molar-refractivity contribution in [1.82, 2.24) is 0 Å². The molecule has 684 valence electrons. The van der Waals surface area contributed by atoms with Crippen molar-refractivity contribution in [2.75, 3.05) is 0 Å². The average molecular weight is 1600 g/mol. The lowest BCUT2D eigenvalue weighted by Crippen LogP contribution is -2.63. The van der Waals surface area contributed by atoms with E-state index in [1.54, 1.807) is 0 Å². The SMILES string of the molecule is CCCCCCCCCCCCC(CCCCCCCCCCC)(CCCCCCCCCCCC)C(CCCCCCCCCCCC)(CCCCCCCCCCCC)C(CCCCCCCCCCCC)(CCCCCCCCCCCC)C(CCCCCCCCCCCC)(CCCCCCCCCCCC)C(=O)O. The van der Waals surface area contributed by atoms with Gasteiger partial charge in [0, 0.05) is 0 Å². The summed E-state index contributed by atoms with van der Waals surface area (Å²) in [6.07, 6.45) is 133. The third-order valence-corrected chi connectivity index (χ3v) is 29.8. The van der Waals surface area contributed by atoms with Crippen LogP contribution in [0.2, 0.25) is 0 Å². The van der Waals surface area contributed by atoms with Crippen LogP contribution in [-0.2, 0) is 4.79 Å². The molecule has 2 nitrogen and oxygen atoms in total. The summed E-state index contributed by atoms with van der Waals surface area (Å²) in [6, 6.07) is 0. The lowest BCUT2D eigenvalue weighted by molar-refractivity contribution is -0.215. The Bertz CT molecular complexity index is 1700. The van der Waals surface area contributed by atoms with Crippen LogP contribution in [0.15, 0.2) is 0 Å². The standard InChI is InChI=1S/C112H224O2/c1-10-19-28-37-46-55-64-73-82-91-100-109(99-90-81-72-63-54-45-36-27-18-9,101-92-83-74-65-56-47-38-29-20-11-2)111(104-95-86-77-68-59-50-41-32-23-14-5,105-96-87-78-69-60-51-42-33-24-15-6)112(106-97-88-79-70-61-52-43-34-25-16-7,107-98-89-80-71-62-53-44-35-26-17-8)110(108(113)114,102-93-84-75-66-57-48-39-30-21-12-3)103-94-85-76-67-58-49-40-31-22-13-4/h10-107H2,1-9H3,(H,113,114). The summed E-state index contributed by atoms with van der Waals surface area (Å²) in [5, 5.41) is 14.0. The van der Waals surface area contributed by atoms with Gasteiger partial charge in [0.15, 0.2) is 0 Å². The van der Waals surface area contributed by atoms with Gasteiger partial charge >= 0.3 is 5.97 Å². The van der Waals surface area contributed by atoms with Crippen LogP contribution < -0.4 is 0 Å². The van der Waals surface area contributed by atoms with Gasteiger partial charge in [-0.15, -0.1) is 0 Å². The maximum atomic E-state index is 17.0. The van der Waals surface area contributed by atoms with Gasteiger partial charge in [-0.05, 0) is 74.0 Å². The molecule has 0 aliphatic carbocycles. The van der Waals surface area contributed by atoms with Crippen molar-refractivity contribution in [2.45, 2.75) is 692 Å². The highest BCUT2D eigenvalue weighted by Gasteiger charge is 2.68. The summed E-state index contributed by atoms with van der Waals surface area (Å²) < 4.78 is 0. The van der Waals surface area contributed by atoms with E-state index in [1.165, 1.54) is 604 Å². The maximum absolute atomic E-state index is 17.0. The monoisotopic (exact) mass is 1600 g/mol. The molecule has 0 radical (unpaired) electrons. The molecular weight excluding hydrogens is 1380 g/mol. The van der Waals surface area contributed by atoms with E-state index in [1.807, 2.05) is 0 Å². The van der Waals surface area contributed by atoms with Crippen LogP contribution in [0.3, 0.4) is 0 Å². The van der Waals surface area contributed by atoms with Crippen LogP contribution in [0.4, 0.5) is 0 Å². The van der Waals surface area contributed by atoms with Crippen LogP contribution in [0, 0.1) is 21.7 Å². The van der Waals surface area contributed by atoms with Gasteiger partial charge in [-0.1, -0.05) is 634 Å². The molecule has 0 aliphatic heterocycles. The van der Waals surface area contributed by atoms with Crippen LogP contribution in [0.25, 0.3) is 0 Å². The van der Waals surface area contributed by atoms with E-state index >= 15 is 4.79 Å². The van der Waals surface area contributed by atoms with Crippen molar-refractivity contribution >= 4 is 5.97 Å². The van der Waals surface area contributed by atoms with Crippen molar-refractivity contribution in [1.29, 1.82) is 0 Å². The lowest BCUT2D eigenvalue weighted by atomic mass is 9.35. The van der Waals surface area contributed by atoms with Gasteiger partial charge in [-0.2, -0.15) is 0 Å². The Morgan fingerprint density at radius 3 is 0.377 bits per heavy atom.